The second-order valence-corrected chi connectivity index (χ2v) is 7.72. The van der Waals surface area contributed by atoms with E-state index in [1.807, 2.05) is 12.1 Å². The van der Waals surface area contributed by atoms with Gasteiger partial charge in [0.05, 0.1) is 10.9 Å². The Labute approximate surface area is 171 Å². The van der Waals surface area contributed by atoms with Gasteiger partial charge in [-0.05, 0) is 47.5 Å². The van der Waals surface area contributed by atoms with Gasteiger partial charge in [-0.1, -0.05) is 42.1 Å². The first kappa shape index (κ1) is 20.7. The van der Waals surface area contributed by atoms with Crippen LogP contribution in [0, 0.1) is 5.82 Å². The molecule has 3 aromatic rings. The highest BCUT2D eigenvalue weighted by atomic mass is 32.2. The molecule has 0 aliphatic heterocycles. The molecule has 9 heteroatoms. The summed E-state index contributed by atoms with van der Waals surface area (Å²) in [6, 6.07) is 13.2. The number of rotatable bonds is 8. The predicted octanol–water partition coefficient (Wildman–Crippen LogP) is 2.84. The molecule has 0 aliphatic carbocycles. The second kappa shape index (κ2) is 9.42. The largest absolute Gasteiger partial charge is 0.356 e. The quantitative estimate of drug-likeness (QED) is 0.451. The van der Waals surface area contributed by atoms with Gasteiger partial charge in [0.25, 0.3) is 0 Å². The van der Waals surface area contributed by atoms with Gasteiger partial charge in [0.2, 0.25) is 11.1 Å². The van der Waals surface area contributed by atoms with Crippen molar-refractivity contribution in [1.82, 2.24) is 25.5 Å². The number of amides is 1. The molecule has 0 bridgehead atoms. The molecule has 1 aromatic heterocycles. The highest BCUT2D eigenvalue weighted by molar-refractivity contribution is 8.00. The smallest absolute Gasteiger partial charge is 0.216 e. The second-order valence-electron chi connectivity index (χ2n) is 6.41. The van der Waals surface area contributed by atoms with Crippen molar-refractivity contribution in [2.24, 2.45) is 0 Å². The summed E-state index contributed by atoms with van der Waals surface area (Å²) in [6.45, 7) is 3.81. The zero-order valence-electron chi connectivity index (χ0n) is 16.0. The Balaban J connectivity index is 1.66. The third-order valence-corrected chi connectivity index (χ3v) is 5.20. The zero-order valence-corrected chi connectivity index (χ0v) is 16.8. The van der Waals surface area contributed by atoms with Crippen LogP contribution in [-0.4, -0.2) is 43.7 Å². The number of Topliss-reactive ketones (excluding diaryl/α,β-unsaturated/α-hetero) is 1. The van der Waals surface area contributed by atoms with Crippen LogP contribution in [0.3, 0.4) is 0 Å². The van der Waals surface area contributed by atoms with Gasteiger partial charge in [-0.25, -0.2) is 4.39 Å². The number of ketones is 1. The lowest BCUT2D eigenvalue weighted by Gasteiger charge is -2.11. The lowest BCUT2D eigenvalue weighted by atomic mass is 10.0. The van der Waals surface area contributed by atoms with E-state index in [-0.39, 0.29) is 11.7 Å². The van der Waals surface area contributed by atoms with Crippen molar-refractivity contribution < 1.29 is 14.0 Å². The third-order valence-electron chi connectivity index (χ3n) is 4.17. The average Bonchev–Trinajstić information content (AvgIpc) is 3.16. The first-order valence-electron chi connectivity index (χ1n) is 9.02. The number of tetrazole rings is 1. The first-order chi connectivity index (χ1) is 13.9. The minimum Gasteiger partial charge on any atom is -0.356 e. The van der Waals surface area contributed by atoms with Crippen LogP contribution in [0.15, 0.2) is 53.7 Å². The molecule has 0 saturated carbocycles. The Morgan fingerprint density at radius 1 is 1.21 bits per heavy atom. The van der Waals surface area contributed by atoms with E-state index in [9.17, 15) is 14.0 Å². The van der Waals surface area contributed by atoms with Crippen LogP contribution in [0.5, 0.6) is 0 Å². The van der Waals surface area contributed by atoms with Crippen LogP contribution < -0.4 is 5.32 Å². The van der Waals surface area contributed by atoms with Crippen LogP contribution in [0.25, 0.3) is 5.69 Å². The molecule has 0 unspecified atom stereocenters. The fourth-order valence-corrected chi connectivity index (χ4v) is 3.57. The Bertz CT molecular complexity index is 1010. The van der Waals surface area contributed by atoms with E-state index in [0.29, 0.717) is 29.4 Å². The molecule has 1 N–H and O–H groups in total. The molecule has 7 nitrogen and oxygen atoms in total. The number of hydrogen-bond donors (Lipinski definition) is 1. The number of aromatic nitrogens is 4. The highest BCUT2D eigenvalue weighted by Gasteiger charge is 2.20. The van der Waals surface area contributed by atoms with Crippen molar-refractivity contribution in [2.75, 3.05) is 6.54 Å². The normalized spacial score (nSPS) is 11.8. The Morgan fingerprint density at radius 3 is 2.66 bits per heavy atom. The van der Waals surface area contributed by atoms with Gasteiger partial charge in [0.1, 0.15) is 5.82 Å². The molecule has 0 saturated heterocycles. The molecule has 0 spiro atoms. The van der Waals surface area contributed by atoms with Gasteiger partial charge in [-0.3, -0.25) is 9.59 Å². The topological polar surface area (TPSA) is 89.8 Å². The van der Waals surface area contributed by atoms with E-state index in [0.717, 1.165) is 5.56 Å². The Hall–Kier alpha value is -3.07. The standard InChI is InChI=1S/C20H20FN5O2S/c1-13(19(28)16-8-6-15(7-9-16)10-11-22-14(2)27)29-20-23-24-25-26(20)18-5-3-4-17(21)12-18/h3-9,12-13H,10-11H2,1-2H3,(H,22,27)/t13-/m0/s1. The molecule has 29 heavy (non-hydrogen) atoms. The summed E-state index contributed by atoms with van der Waals surface area (Å²) < 4.78 is 14.9. The number of thioether (sulfide) groups is 1. The van der Waals surface area contributed by atoms with E-state index in [1.165, 1.54) is 35.5 Å². The predicted molar refractivity (Wildman–Crippen MR) is 108 cm³/mol. The monoisotopic (exact) mass is 413 g/mol. The molecule has 0 radical (unpaired) electrons. The van der Waals surface area contributed by atoms with Crippen LogP contribution in [0.4, 0.5) is 4.39 Å². The van der Waals surface area contributed by atoms with E-state index in [4.69, 9.17) is 0 Å². The van der Waals surface area contributed by atoms with Crippen molar-refractivity contribution >= 4 is 23.5 Å². The van der Waals surface area contributed by atoms with Gasteiger partial charge in [-0.15, -0.1) is 5.10 Å². The minimum atomic E-state index is -0.432. The molecular weight excluding hydrogens is 393 g/mol. The number of nitrogens with one attached hydrogen (secondary N) is 1. The lowest BCUT2D eigenvalue weighted by Crippen LogP contribution is -2.22. The summed E-state index contributed by atoms with van der Waals surface area (Å²) in [5.74, 6) is -0.517. The molecule has 0 aliphatic rings. The summed E-state index contributed by atoms with van der Waals surface area (Å²) in [7, 11) is 0. The molecule has 150 valence electrons. The number of hydrogen-bond acceptors (Lipinski definition) is 6. The minimum absolute atomic E-state index is 0.0581. The van der Waals surface area contributed by atoms with Gasteiger partial charge in [0.15, 0.2) is 5.78 Å². The van der Waals surface area contributed by atoms with Crippen molar-refractivity contribution in [1.29, 1.82) is 0 Å². The fraction of sp³-hybridized carbons (Fsp3) is 0.250. The molecule has 1 atom stereocenters. The first-order valence-corrected chi connectivity index (χ1v) is 9.90. The number of benzene rings is 2. The van der Waals surface area contributed by atoms with Crippen LogP contribution >= 0.6 is 11.8 Å². The molecular formula is C20H20FN5O2S. The number of nitrogens with zero attached hydrogens (tertiary/aromatic N) is 4. The van der Waals surface area contributed by atoms with Gasteiger partial charge < -0.3 is 5.32 Å². The number of carbonyl (C=O) groups is 2. The lowest BCUT2D eigenvalue weighted by molar-refractivity contribution is -0.118. The zero-order chi connectivity index (χ0) is 20.8. The van der Waals surface area contributed by atoms with E-state index < -0.39 is 11.1 Å². The van der Waals surface area contributed by atoms with Crippen LogP contribution in [0.2, 0.25) is 0 Å². The summed E-state index contributed by atoms with van der Waals surface area (Å²) in [4.78, 5) is 23.7. The Morgan fingerprint density at radius 2 is 1.97 bits per heavy atom. The van der Waals surface area contributed by atoms with Crippen molar-refractivity contribution in [3.63, 3.8) is 0 Å². The van der Waals surface area contributed by atoms with Crippen molar-refractivity contribution in [3.05, 3.63) is 65.5 Å². The fourth-order valence-electron chi connectivity index (χ4n) is 2.69. The van der Waals surface area contributed by atoms with Crippen LogP contribution in [0.1, 0.15) is 29.8 Å². The van der Waals surface area contributed by atoms with E-state index in [1.54, 1.807) is 31.2 Å². The summed E-state index contributed by atoms with van der Waals surface area (Å²) in [6.07, 6.45) is 0.695. The van der Waals surface area contributed by atoms with Gasteiger partial charge >= 0.3 is 0 Å². The summed E-state index contributed by atoms with van der Waals surface area (Å²) in [5.41, 5.74) is 2.10. The maximum Gasteiger partial charge on any atom is 0.216 e. The Kier molecular flexibility index (Phi) is 6.71. The highest BCUT2D eigenvalue weighted by Crippen LogP contribution is 2.25. The van der Waals surface area contributed by atoms with Gasteiger partial charge in [0, 0.05) is 19.0 Å². The molecule has 3 rings (SSSR count). The molecule has 2 aromatic carbocycles. The average molecular weight is 413 g/mol. The summed E-state index contributed by atoms with van der Waals surface area (Å²) >= 11 is 1.21. The number of carbonyl (C=O) groups excluding carboxylic acids is 2. The number of halogens is 1. The SMILES string of the molecule is CC(=O)NCCc1ccc(C(=O)[C@H](C)Sc2nnnn2-c2cccc(F)c2)cc1. The van der Waals surface area contributed by atoms with E-state index in [2.05, 4.69) is 20.8 Å². The van der Waals surface area contributed by atoms with Crippen molar-refractivity contribution in [3.8, 4) is 5.69 Å². The van der Waals surface area contributed by atoms with Gasteiger partial charge in [-0.2, -0.15) is 4.68 Å². The summed E-state index contributed by atoms with van der Waals surface area (Å²) in [5, 5.41) is 14.2. The third kappa shape index (κ3) is 5.47. The molecule has 1 amide bonds. The maximum absolute atomic E-state index is 13.5. The molecule has 1 heterocycles. The van der Waals surface area contributed by atoms with Crippen LogP contribution in [-0.2, 0) is 11.2 Å². The van der Waals surface area contributed by atoms with E-state index >= 15 is 0 Å². The maximum atomic E-state index is 13.5. The van der Waals surface area contributed by atoms with Crippen molar-refractivity contribution in [2.45, 2.75) is 30.7 Å². The molecule has 0 fully saturated rings.